The SMILES string of the molecule is CCC(CC)C(=O)NCc1nnc(C2CN(Cc3ccccc3)CC2C)[nH]c1=O. The van der Waals surface area contributed by atoms with Gasteiger partial charge < -0.3 is 10.3 Å². The monoisotopic (exact) mass is 397 g/mol. The van der Waals surface area contributed by atoms with Crippen molar-refractivity contribution in [3.8, 4) is 0 Å². The van der Waals surface area contributed by atoms with Crippen LogP contribution in [-0.2, 0) is 17.9 Å². The highest BCUT2D eigenvalue weighted by atomic mass is 16.2. The second-order valence-electron chi connectivity index (χ2n) is 7.98. The van der Waals surface area contributed by atoms with Crippen molar-refractivity contribution < 1.29 is 4.79 Å². The lowest BCUT2D eigenvalue weighted by Crippen LogP contribution is -2.33. The first kappa shape index (κ1) is 21.2. The zero-order valence-electron chi connectivity index (χ0n) is 17.5. The predicted molar refractivity (Wildman–Crippen MR) is 112 cm³/mol. The molecule has 1 aliphatic heterocycles. The molecule has 2 N–H and O–H groups in total. The van der Waals surface area contributed by atoms with Gasteiger partial charge in [-0.1, -0.05) is 51.1 Å². The van der Waals surface area contributed by atoms with Gasteiger partial charge in [-0.05, 0) is 24.3 Å². The first-order valence-corrected chi connectivity index (χ1v) is 10.5. The lowest BCUT2D eigenvalue weighted by molar-refractivity contribution is -0.125. The number of carbonyl (C=O) groups is 1. The van der Waals surface area contributed by atoms with Gasteiger partial charge in [-0.25, -0.2) is 0 Å². The highest BCUT2D eigenvalue weighted by Gasteiger charge is 2.32. The third kappa shape index (κ3) is 5.29. The smallest absolute Gasteiger partial charge is 0.274 e. The number of H-pyrrole nitrogens is 1. The number of hydrogen-bond donors (Lipinski definition) is 2. The molecule has 1 aromatic heterocycles. The average Bonchev–Trinajstić information content (AvgIpc) is 3.08. The molecule has 0 bridgehead atoms. The number of nitrogens with one attached hydrogen (secondary N) is 2. The summed E-state index contributed by atoms with van der Waals surface area (Å²) in [6, 6.07) is 10.4. The molecule has 7 nitrogen and oxygen atoms in total. The second kappa shape index (κ2) is 9.78. The Morgan fingerprint density at radius 3 is 2.59 bits per heavy atom. The number of aromatic amines is 1. The third-order valence-corrected chi connectivity index (χ3v) is 5.86. The van der Waals surface area contributed by atoms with Crippen LogP contribution in [0.2, 0.25) is 0 Å². The van der Waals surface area contributed by atoms with E-state index in [0.29, 0.717) is 11.7 Å². The zero-order valence-corrected chi connectivity index (χ0v) is 17.5. The molecular weight excluding hydrogens is 366 g/mol. The number of nitrogens with zero attached hydrogens (tertiary/aromatic N) is 3. The molecule has 0 aliphatic carbocycles. The van der Waals surface area contributed by atoms with Gasteiger partial charge in [0, 0.05) is 31.5 Å². The number of likely N-dealkylation sites (tertiary alicyclic amines) is 1. The summed E-state index contributed by atoms with van der Waals surface area (Å²) in [7, 11) is 0. The maximum absolute atomic E-state index is 12.5. The fourth-order valence-corrected chi connectivity index (χ4v) is 4.02. The molecule has 1 aromatic carbocycles. The highest BCUT2D eigenvalue weighted by molar-refractivity contribution is 5.78. The zero-order chi connectivity index (χ0) is 20.8. The summed E-state index contributed by atoms with van der Waals surface area (Å²) in [6.45, 7) is 8.94. The Balaban J connectivity index is 1.62. The minimum atomic E-state index is -0.270. The number of benzene rings is 1. The van der Waals surface area contributed by atoms with E-state index in [-0.39, 0.29) is 35.5 Å². The molecule has 2 heterocycles. The normalized spacial score (nSPS) is 19.6. The largest absolute Gasteiger partial charge is 0.350 e. The van der Waals surface area contributed by atoms with Gasteiger partial charge in [-0.3, -0.25) is 14.5 Å². The maximum Gasteiger partial charge on any atom is 0.274 e. The van der Waals surface area contributed by atoms with Gasteiger partial charge in [-0.15, -0.1) is 10.2 Å². The van der Waals surface area contributed by atoms with Gasteiger partial charge in [0.1, 0.15) is 11.5 Å². The van der Waals surface area contributed by atoms with Gasteiger partial charge in [0.2, 0.25) is 5.91 Å². The average molecular weight is 398 g/mol. The summed E-state index contributed by atoms with van der Waals surface area (Å²) in [5.41, 5.74) is 1.26. The van der Waals surface area contributed by atoms with Crippen molar-refractivity contribution >= 4 is 5.91 Å². The molecule has 1 aliphatic rings. The van der Waals surface area contributed by atoms with E-state index in [4.69, 9.17) is 0 Å². The summed E-state index contributed by atoms with van der Waals surface area (Å²) >= 11 is 0. The summed E-state index contributed by atoms with van der Waals surface area (Å²) < 4.78 is 0. The Labute approximate surface area is 171 Å². The van der Waals surface area contributed by atoms with Crippen LogP contribution < -0.4 is 10.9 Å². The van der Waals surface area contributed by atoms with Crippen LogP contribution in [0.25, 0.3) is 0 Å². The standard InChI is InChI=1S/C22H31N5O2/c1-4-17(5-2)21(28)23-11-19-22(29)24-20(26-25-19)18-14-27(12-15(18)3)13-16-9-7-6-8-10-16/h6-10,15,17-18H,4-5,11-14H2,1-3H3,(H,23,28)(H,24,26,29). The van der Waals surface area contributed by atoms with E-state index in [9.17, 15) is 9.59 Å². The molecule has 2 aromatic rings. The molecular formula is C22H31N5O2. The molecule has 1 saturated heterocycles. The molecule has 2 unspecified atom stereocenters. The fourth-order valence-electron chi connectivity index (χ4n) is 4.02. The molecule has 156 valence electrons. The number of rotatable bonds is 8. The summed E-state index contributed by atoms with van der Waals surface area (Å²) in [6.07, 6.45) is 1.56. The Morgan fingerprint density at radius 1 is 1.21 bits per heavy atom. The summed E-state index contributed by atoms with van der Waals surface area (Å²) in [5.74, 6) is 1.09. The van der Waals surface area contributed by atoms with Crippen molar-refractivity contribution in [2.24, 2.45) is 11.8 Å². The van der Waals surface area contributed by atoms with Crippen molar-refractivity contribution in [3.63, 3.8) is 0 Å². The Hall–Kier alpha value is -2.54. The van der Waals surface area contributed by atoms with Crippen LogP contribution in [0.15, 0.2) is 35.1 Å². The number of hydrogen-bond acceptors (Lipinski definition) is 5. The molecule has 0 spiro atoms. The van der Waals surface area contributed by atoms with Crippen LogP contribution in [0, 0.1) is 11.8 Å². The van der Waals surface area contributed by atoms with Crippen LogP contribution in [0.4, 0.5) is 0 Å². The van der Waals surface area contributed by atoms with Gasteiger partial charge in [-0.2, -0.15) is 0 Å². The molecule has 2 atom stereocenters. The molecule has 0 radical (unpaired) electrons. The van der Waals surface area contributed by atoms with E-state index in [1.54, 1.807) is 0 Å². The highest BCUT2D eigenvalue weighted by Crippen LogP contribution is 2.30. The Kier molecular flexibility index (Phi) is 7.14. The fraction of sp³-hybridized carbons (Fsp3) is 0.545. The summed E-state index contributed by atoms with van der Waals surface area (Å²) in [4.78, 5) is 29.9. The van der Waals surface area contributed by atoms with Gasteiger partial charge in [0.25, 0.3) is 5.56 Å². The predicted octanol–water partition coefficient (Wildman–Crippen LogP) is 2.45. The Morgan fingerprint density at radius 2 is 1.93 bits per heavy atom. The van der Waals surface area contributed by atoms with Crippen molar-refractivity contribution in [2.75, 3.05) is 13.1 Å². The lowest BCUT2D eigenvalue weighted by Gasteiger charge is -2.15. The van der Waals surface area contributed by atoms with Crippen LogP contribution >= 0.6 is 0 Å². The summed E-state index contributed by atoms with van der Waals surface area (Å²) in [5, 5.41) is 11.2. The van der Waals surface area contributed by atoms with Gasteiger partial charge in [0.05, 0.1) is 6.54 Å². The molecule has 1 amide bonds. The minimum absolute atomic E-state index is 0.0312. The van der Waals surface area contributed by atoms with Crippen LogP contribution in [-0.4, -0.2) is 39.1 Å². The van der Waals surface area contributed by atoms with E-state index >= 15 is 0 Å². The minimum Gasteiger partial charge on any atom is -0.350 e. The van der Waals surface area contributed by atoms with Crippen molar-refractivity contribution in [2.45, 2.75) is 52.6 Å². The van der Waals surface area contributed by atoms with E-state index in [1.807, 2.05) is 19.9 Å². The Bertz CT molecular complexity index is 863. The lowest BCUT2D eigenvalue weighted by atomic mass is 9.97. The second-order valence-corrected chi connectivity index (χ2v) is 7.98. The third-order valence-electron chi connectivity index (χ3n) is 5.86. The first-order chi connectivity index (χ1) is 14.0. The number of aromatic nitrogens is 3. The van der Waals surface area contributed by atoms with E-state index in [2.05, 4.69) is 56.6 Å². The molecule has 7 heteroatoms. The molecule has 29 heavy (non-hydrogen) atoms. The quantitative estimate of drug-likeness (QED) is 0.714. The number of amides is 1. The van der Waals surface area contributed by atoms with E-state index in [0.717, 1.165) is 32.5 Å². The van der Waals surface area contributed by atoms with Crippen LogP contribution in [0.3, 0.4) is 0 Å². The number of carbonyl (C=O) groups excluding carboxylic acids is 1. The molecule has 0 saturated carbocycles. The van der Waals surface area contributed by atoms with Crippen molar-refractivity contribution in [1.29, 1.82) is 0 Å². The topological polar surface area (TPSA) is 91.0 Å². The van der Waals surface area contributed by atoms with Crippen LogP contribution in [0.1, 0.15) is 56.6 Å². The van der Waals surface area contributed by atoms with Crippen molar-refractivity contribution in [1.82, 2.24) is 25.4 Å². The van der Waals surface area contributed by atoms with Crippen LogP contribution in [0.5, 0.6) is 0 Å². The molecule has 1 fully saturated rings. The van der Waals surface area contributed by atoms with E-state index < -0.39 is 0 Å². The first-order valence-electron chi connectivity index (χ1n) is 10.5. The molecule has 3 rings (SSSR count). The maximum atomic E-state index is 12.5. The van der Waals surface area contributed by atoms with Gasteiger partial charge >= 0.3 is 0 Å². The van der Waals surface area contributed by atoms with Gasteiger partial charge in [0.15, 0.2) is 0 Å². The van der Waals surface area contributed by atoms with Crippen molar-refractivity contribution in [3.05, 3.63) is 57.8 Å². The van der Waals surface area contributed by atoms with E-state index in [1.165, 1.54) is 5.56 Å².